The number of carbonyl (C=O) groups excluding carboxylic acids is 1. The zero-order chi connectivity index (χ0) is 20.5. The molecule has 2 fully saturated rings. The van der Waals surface area contributed by atoms with E-state index in [0.29, 0.717) is 35.5 Å². The van der Waals surface area contributed by atoms with Crippen LogP contribution in [0.5, 0.6) is 5.75 Å². The number of benzene rings is 1. The molecular formula is C22H30N2O3S2. The summed E-state index contributed by atoms with van der Waals surface area (Å²) in [6.45, 7) is 5.60. The van der Waals surface area contributed by atoms with Crippen LogP contribution in [-0.2, 0) is 9.53 Å². The molecule has 0 unspecified atom stereocenters. The number of nitrogens with zero attached hydrogens (tertiary/aromatic N) is 2. The van der Waals surface area contributed by atoms with Crippen molar-refractivity contribution in [1.82, 2.24) is 10.0 Å². The van der Waals surface area contributed by atoms with Crippen molar-refractivity contribution in [2.75, 3.05) is 32.9 Å². The Morgan fingerprint density at radius 2 is 1.79 bits per heavy atom. The number of thioether (sulfide) groups is 1. The topological polar surface area (TPSA) is 42.0 Å². The molecule has 0 saturated carbocycles. The summed E-state index contributed by atoms with van der Waals surface area (Å²) in [7, 11) is 0. The van der Waals surface area contributed by atoms with Gasteiger partial charge in [-0.15, -0.1) is 0 Å². The lowest BCUT2D eigenvalue weighted by molar-refractivity contribution is -0.138. The smallest absolute Gasteiger partial charge is 0.280 e. The normalized spacial score (nSPS) is 19.3. The number of carbonyl (C=O) groups is 1. The molecule has 0 atom stereocenters. The molecule has 2 saturated heterocycles. The van der Waals surface area contributed by atoms with Crippen LogP contribution < -0.4 is 4.74 Å². The number of amides is 1. The number of rotatable bonds is 10. The molecule has 1 aromatic carbocycles. The monoisotopic (exact) mass is 434 g/mol. The highest BCUT2D eigenvalue weighted by molar-refractivity contribution is 8.26. The molecule has 0 spiro atoms. The molecule has 1 aromatic rings. The Morgan fingerprint density at radius 3 is 2.52 bits per heavy atom. The quantitative estimate of drug-likeness (QED) is 0.297. The average molecular weight is 435 g/mol. The molecule has 7 heteroatoms. The fraction of sp³-hybridized carbons (Fsp3) is 0.545. The summed E-state index contributed by atoms with van der Waals surface area (Å²) in [4.78, 5) is 13.5. The number of morpholine rings is 1. The van der Waals surface area contributed by atoms with E-state index in [1.54, 1.807) is 5.01 Å². The van der Waals surface area contributed by atoms with Gasteiger partial charge in [0.25, 0.3) is 5.91 Å². The van der Waals surface area contributed by atoms with E-state index in [1.807, 2.05) is 35.4 Å². The van der Waals surface area contributed by atoms with Gasteiger partial charge in [-0.1, -0.05) is 75.1 Å². The number of ether oxygens (including phenoxy) is 2. The van der Waals surface area contributed by atoms with Gasteiger partial charge in [0.1, 0.15) is 5.75 Å². The predicted octanol–water partition coefficient (Wildman–Crippen LogP) is 4.87. The molecular weight excluding hydrogens is 404 g/mol. The van der Waals surface area contributed by atoms with Gasteiger partial charge in [-0.25, -0.2) is 10.0 Å². The first-order valence-electron chi connectivity index (χ1n) is 10.5. The maximum absolute atomic E-state index is 12.8. The molecule has 0 radical (unpaired) electrons. The molecule has 0 aromatic heterocycles. The Balaban J connectivity index is 1.49. The second-order valence-corrected chi connectivity index (χ2v) is 8.92. The first-order valence-corrected chi connectivity index (χ1v) is 11.7. The number of thiocarbonyl (C=S) groups is 1. The van der Waals surface area contributed by atoms with Crippen LogP contribution in [0.4, 0.5) is 0 Å². The molecule has 0 bridgehead atoms. The number of hydrogen-bond acceptors (Lipinski definition) is 6. The summed E-state index contributed by atoms with van der Waals surface area (Å²) >= 11 is 6.78. The van der Waals surface area contributed by atoms with Crippen molar-refractivity contribution in [3.05, 3.63) is 34.7 Å². The van der Waals surface area contributed by atoms with Gasteiger partial charge in [-0.3, -0.25) is 4.79 Å². The van der Waals surface area contributed by atoms with Crippen molar-refractivity contribution >= 4 is 40.3 Å². The average Bonchev–Trinajstić information content (AvgIpc) is 3.02. The minimum atomic E-state index is -0.0506. The highest BCUT2D eigenvalue weighted by atomic mass is 32.2. The summed E-state index contributed by atoms with van der Waals surface area (Å²) in [6.07, 6.45) is 9.44. The van der Waals surface area contributed by atoms with Crippen LogP contribution in [0, 0.1) is 0 Å². The number of hydrogen-bond donors (Lipinski definition) is 0. The lowest BCUT2D eigenvalue weighted by atomic mass is 10.1. The zero-order valence-electron chi connectivity index (χ0n) is 17.1. The summed E-state index contributed by atoms with van der Waals surface area (Å²) in [5, 5.41) is 3.59. The van der Waals surface area contributed by atoms with Crippen molar-refractivity contribution in [2.45, 2.75) is 45.4 Å². The maximum atomic E-state index is 12.8. The Morgan fingerprint density at radius 1 is 1.10 bits per heavy atom. The highest BCUT2D eigenvalue weighted by Gasteiger charge is 2.36. The summed E-state index contributed by atoms with van der Waals surface area (Å²) in [5.41, 5.74) is 0.972. The van der Waals surface area contributed by atoms with E-state index in [0.717, 1.165) is 24.3 Å². The summed E-state index contributed by atoms with van der Waals surface area (Å²) in [6, 6.07) is 7.90. The van der Waals surface area contributed by atoms with Crippen LogP contribution in [0.25, 0.3) is 6.08 Å². The van der Waals surface area contributed by atoms with Crippen LogP contribution in [-0.4, -0.2) is 53.2 Å². The highest BCUT2D eigenvalue weighted by Crippen LogP contribution is 2.34. The van der Waals surface area contributed by atoms with Gasteiger partial charge >= 0.3 is 0 Å². The molecule has 0 aliphatic carbocycles. The first-order chi connectivity index (χ1) is 14.2. The van der Waals surface area contributed by atoms with Crippen molar-refractivity contribution in [2.24, 2.45) is 0 Å². The fourth-order valence-corrected chi connectivity index (χ4v) is 4.65. The van der Waals surface area contributed by atoms with E-state index in [-0.39, 0.29) is 5.91 Å². The van der Waals surface area contributed by atoms with Gasteiger partial charge in [-0.2, -0.15) is 0 Å². The van der Waals surface area contributed by atoms with Gasteiger partial charge in [0, 0.05) is 13.1 Å². The summed E-state index contributed by atoms with van der Waals surface area (Å²) in [5.74, 6) is 0.821. The third-order valence-electron chi connectivity index (χ3n) is 4.99. The minimum Gasteiger partial charge on any atom is -0.494 e. The van der Waals surface area contributed by atoms with Crippen LogP contribution in [0.3, 0.4) is 0 Å². The standard InChI is InChI=1S/C22H30N2O3S2/c1-2-3-4-5-6-7-14-27-19-10-8-18(9-11-19)17-20-21(25)24(22(28)29-20)23-12-15-26-16-13-23/h8-11,17H,2-7,12-16H2,1H3/b20-17+. The SMILES string of the molecule is CCCCCCCCOc1ccc(/C=C2/SC(=S)N(N3CCOCC3)C2=O)cc1. The third-order valence-corrected chi connectivity index (χ3v) is 6.27. The Hall–Kier alpha value is -1.41. The lowest BCUT2D eigenvalue weighted by Gasteiger charge is -2.33. The second-order valence-electron chi connectivity index (χ2n) is 7.24. The Labute approximate surface area is 183 Å². The zero-order valence-corrected chi connectivity index (χ0v) is 18.7. The molecule has 2 aliphatic heterocycles. The molecule has 158 valence electrons. The fourth-order valence-electron chi connectivity index (χ4n) is 3.34. The van der Waals surface area contributed by atoms with Crippen molar-refractivity contribution in [3.63, 3.8) is 0 Å². The number of unbranched alkanes of at least 4 members (excludes halogenated alkanes) is 5. The van der Waals surface area contributed by atoms with Crippen LogP contribution in [0.1, 0.15) is 51.0 Å². The van der Waals surface area contributed by atoms with Gasteiger partial charge in [0.15, 0.2) is 4.32 Å². The Kier molecular flexibility index (Phi) is 8.98. The van der Waals surface area contributed by atoms with E-state index in [9.17, 15) is 4.79 Å². The van der Waals surface area contributed by atoms with Gasteiger partial charge in [0.05, 0.1) is 24.7 Å². The minimum absolute atomic E-state index is 0.0506. The van der Waals surface area contributed by atoms with Crippen LogP contribution in [0.15, 0.2) is 29.2 Å². The molecule has 3 rings (SSSR count). The van der Waals surface area contributed by atoms with Crippen LogP contribution >= 0.6 is 24.0 Å². The van der Waals surface area contributed by atoms with E-state index >= 15 is 0 Å². The molecule has 2 aliphatic rings. The molecule has 0 N–H and O–H groups in total. The summed E-state index contributed by atoms with van der Waals surface area (Å²) < 4.78 is 11.8. The number of hydrazine groups is 1. The predicted molar refractivity (Wildman–Crippen MR) is 123 cm³/mol. The molecule has 5 nitrogen and oxygen atoms in total. The van der Waals surface area contributed by atoms with Crippen LogP contribution in [0.2, 0.25) is 0 Å². The van der Waals surface area contributed by atoms with Gasteiger partial charge in [0.2, 0.25) is 0 Å². The largest absolute Gasteiger partial charge is 0.494 e. The van der Waals surface area contributed by atoms with Crippen molar-refractivity contribution < 1.29 is 14.3 Å². The first kappa shape index (κ1) is 22.3. The van der Waals surface area contributed by atoms with E-state index in [2.05, 4.69) is 6.92 Å². The second kappa shape index (κ2) is 11.7. The Bertz CT molecular complexity index is 715. The maximum Gasteiger partial charge on any atom is 0.280 e. The van der Waals surface area contributed by atoms with Gasteiger partial charge < -0.3 is 9.47 Å². The third kappa shape index (κ3) is 6.54. The molecule has 2 heterocycles. The van der Waals surface area contributed by atoms with Crippen molar-refractivity contribution in [3.8, 4) is 5.75 Å². The van der Waals surface area contributed by atoms with E-state index in [4.69, 9.17) is 21.7 Å². The lowest BCUT2D eigenvalue weighted by Crippen LogP contribution is -2.50. The van der Waals surface area contributed by atoms with E-state index < -0.39 is 0 Å². The molecule has 1 amide bonds. The molecule has 29 heavy (non-hydrogen) atoms. The van der Waals surface area contributed by atoms with Crippen molar-refractivity contribution in [1.29, 1.82) is 0 Å². The van der Waals surface area contributed by atoms with Gasteiger partial charge in [-0.05, 0) is 30.2 Å². The van der Waals surface area contributed by atoms with E-state index in [1.165, 1.54) is 43.9 Å².